The number of ether oxygens (including phenoxy) is 1. The van der Waals surface area contributed by atoms with E-state index in [9.17, 15) is 4.79 Å². The van der Waals surface area contributed by atoms with E-state index in [1.807, 2.05) is 50.2 Å². The Morgan fingerprint density at radius 3 is 2.74 bits per heavy atom. The molecule has 3 nitrogen and oxygen atoms in total. The van der Waals surface area contributed by atoms with Gasteiger partial charge in [-0.2, -0.15) is 0 Å². The van der Waals surface area contributed by atoms with Crippen LogP contribution >= 0.6 is 0 Å². The second-order valence-corrected chi connectivity index (χ2v) is 4.53. The highest BCUT2D eigenvalue weighted by Crippen LogP contribution is 2.12. The topological polar surface area (TPSA) is 39.2 Å². The fourth-order valence-corrected chi connectivity index (χ4v) is 1.91. The van der Waals surface area contributed by atoms with Gasteiger partial charge in [0.25, 0.3) is 0 Å². The molecule has 0 amide bonds. The first-order valence-electron chi connectivity index (χ1n) is 6.31. The Morgan fingerprint density at radius 2 is 2.05 bits per heavy atom. The highest BCUT2D eigenvalue weighted by molar-refractivity contribution is 5.91. The van der Waals surface area contributed by atoms with E-state index in [2.05, 4.69) is 4.98 Å². The number of nitrogens with zero attached hydrogens (tertiary/aromatic N) is 1. The number of aromatic nitrogens is 1. The number of carbonyl (C=O) groups excluding carboxylic acids is 1. The Balaban J connectivity index is 1.91. The molecule has 2 aromatic rings. The van der Waals surface area contributed by atoms with Gasteiger partial charge in [-0.05, 0) is 37.6 Å². The molecule has 0 radical (unpaired) electrons. The lowest BCUT2D eigenvalue weighted by Crippen LogP contribution is -2.10. The average molecular weight is 255 g/mol. The van der Waals surface area contributed by atoms with Gasteiger partial charge in [-0.3, -0.25) is 4.98 Å². The van der Waals surface area contributed by atoms with Crippen LogP contribution in [0.5, 0.6) is 0 Å². The number of aryl methyl sites for hydroxylation is 2. The van der Waals surface area contributed by atoms with Crippen LogP contribution in [-0.2, 0) is 11.2 Å². The Bertz CT molecular complexity index is 564. The summed E-state index contributed by atoms with van der Waals surface area (Å²) in [6, 6.07) is 11.4. The smallest absolute Gasteiger partial charge is 0.338 e. The van der Waals surface area contributed by atoms with Crippen LogP contribution in [0.4, 0.5) is 0 Å². The van der Waals surface area contributed by atoms with Crippen molar-refractivity contribution in [2.24, 2.45) is 0 Å². The van der Waals surface area contributed by atoms with Gasteiger partial charge in [-0.25, -0.2) is 4.79 Å². The summed E-state index contributed by atoms with van der Waals surface area (Å²) in [6.45, 7) is 4.27. The van der Waals surface area contributed by atoms with E-state index in [4.69, 9.17) is 4.74 Å². The fraction of sp³-hybridized carbons (Fsp3) is 0.250. The molecule has 0 aliphatic carbocycles. The van der Waals surface area contributed by atoms with Crippen molar-refractivity contribution >= 4 is 5.97 Å². The van der Waals surface area contributed by atoms with Crippen LogP contribution in [0.3, 0.4) is 0 Å². The van der Waals surface area contributed by atoms with Crippen LogP contribution in [0.25, 0.3) is 0 Å². The summed E-state index contributed by atoms with van der Waals surface area (Å²) in [5, 5.41) is 0. The standard InChI is InChI=1S/C16H17NO2/c1-12-6-7-15(13(2)11-12)16(18)19-10-8-14-5-3-4-9-17-14/h3-7,9,11H,8,10H2,1-2H3. The maximum atomic E-state index is 11.9. The third-order valence-corrected chi connectivity index (χ3v) is 2.92. The number of benzene rings is 1. The molecule has 0 unspecified atom stereocenters. The van der Waals surface area contributed by atoms with E-state index in [1.165, 1.54) is 0 Å². The lowest BCUT2D eigenvalue weighted by atomic mass is 10.1. The van der Waals surface area contributed by atoms with Gasteiger partial charge in [-0.1, -0.05) is 23.8 Å². The molecule has 0 fully saturated rings. The summed E-state index contributed by atoms with van der Waals surface area (Å²) in [7, 11) is 0. The van der Waals surface area contributed by atoms with Crippen molar-refractivity contribution in [3.63, 3.8) is 0 Å². The Labute approximate surface area is 113 Å². The highest BCUT2D eigenvalue weighted by atomic mass is 16.5. The van der Waals surface area contributed by atoms with Crippen molar-refractivity contribution in [2.75, 3.05) is 6.61 Å². The minimum atomic E-state index is -0.270. The number of rotatable bonds is 4. The molecular formula is C16H17NO2. The van der Waals surface area contributed by atoms with E-state index < -0.39 is 0 Å². The maximum Gasteiger partial charge on any atom is 0.338 e. The lowest BCUT2D eigenvalue weighted by molar-refractivity contribution is 0.0507. The average Bonchev–Trinajstić information content (AvgIpc) is 2.39. The highest BCUT2D eigenvalue weighted by Gasteiger charge is 2.10. The summed E-state index contributed by atoms with van der Waals surface area (Å²) in [5.41, 5.74) is 3.65. The maximum absolute atomic E-state index is 11.9. The number of pyridine rings is 1. The lowest BCUT2D eigenvalue weighted by Gasteiger charge is -2.07. The summed E-state index contributed by atoms with van der Waals surface area (Å²) in [5.74, 6) is -0.270. The number of hydrogen-bond acceptors (Lipinski definition) is 3. The Kier molecular flexibility index (Phi) is 4.29. The third kappa shape index (κ3) is 3.65. The molecule has 1 heterocycles. The van der Waals surface area contributed by atoms with Crippen molar-refractivity contribution in [3.8, 4) is 0 Å². The second kappa shape index (κ2) is 6.14. The number of hydrogen-bond donors (Lipinski definition) is 0. The van der Waals surface area contributed by atoms with Crippen molar-refractivity contribution in [3.05, 3.63) is 65.0 Å². The molecule has 19 heavy (non-hydrogen) atoms. The molecule has 2 rings (SSSR count). The molecule has 0 N–H and O–H groups in total. The number of esters is 1. The molecule has 0 aliphatic rings. The zero-order chi connectivity index (χ0) is 13.7. The zero-order valence-corrected chi connectivity index (χ0v) is 11.2. The predicted octanol–water partition coefficient (Wildman–Crippen LogP) is 3.10. The first-order valence-corrected chi connectivity index (χ1v) is 6.31. The monoisotopic (exact) mass is 255 g/mol. The molecule has 98 valence electrons. The van der Waals surface area contributed by atoms with E-state index >= 15 is 0 Å². The first-order chi connectivity index (χ1) is 9.16. The minimum Gasteiger partial charge on any atom is -0.462 e. The molecule has 0 atom stereocenters. The Hall–Kier alpha value is -2.16. The molecule has 0 spiro atoms. The number of carbonyl (C=O) groups is 1. The van der Waals surface area contributed by atoms with E-state index in [-0.39, 0.29) is 5.97 Å². The molecule has 0 saturated heterocycles. The third-order valence-electron chi connectivity index (χ3n) is 2.92. The van der Waals surface area contributed by atoms with Gasteiger partial charge in [0.1, 0.15) is 0 Å². The molecule has 1 aromatic carbocycles. The van der Waals surface area contributed by atoms with Crippen molar-refractivity contribution in [2.45, 2.75) is 20.3 Å². The van der Waals surface area contributed by atoms with Gasteiger partial charge in [0.2, 0.25) is 0 Å². The Morgan fingerprint density at radius 1 is 1.21 bits per heavy atom. The van der Waals surface area contributed by atoms with Crippen LogP contribution < -0.4 is 0 Å². The van der Waals surface area contributed by atoms with Crippen LogP contribution in [0, 0.1) is 13.8 Å². The predicted molar refractivity (Wildman–Crippen MR) is 74.1 cm³/mol. The van der Waals surface area contributed by atoms with Gasteiger partial charge >= 0.3 is 5.97 Å². The molecule has 1 aromatic heterocycles. The summed E-state index contributed by atoms with van der Waals surface area (Å²) >= 11 is 0. The van der Waals surface area contributed by atoms with Crippen LogP contribution in [0.2, 0.25) is 0 Å². The van der Waals surface area contributed by atoms with E-state index in [0.717, 1.165) is 16.8 Å². The molecule has 0 bridgehead atoms. The van der Waals surface area contributed by atoms with Gasteiger partial charge in [0, 0.05) is 18.3 Å². The normalized spacial score (nSPS) is 10.2. The van der Waals surface area contributed by atoms with Gasteiger partial charge in [0.15, 0.2) is 0 Å². The molecule has 0 aliphatic heterocycles. The SMILES string of the molecule is Cc1ccc(C(=O)OCCc2ccccn2)c(C)c1. The van der Waals surface area contributed by atoms with Gasteiger partial charge < -0.3 is 4.74 Å². The van der Waals surface area contributed by atoms with E-state index in [0.29, 0.717) is 18.6 Å². The second-order valence-electron chi connectivity index (χ2n) is 4.53. The van der Waals surface area contributed by atoms with Crippen molar-refractivity contribution in [1.29, 1.82) is 0 Å². The van der Waals surface area contributed by atoms with E-state index in [1.54, 1.807) is 6.20 Å². The zero-order valence-electron chi connectivity index (χ0n) is 11.2. The van der Waals surface area contributed by atoms with Gasteiger partial charge in [0.05, 0.1) is 12.2 Å². The largest absolute Gasteiger partial charge is 0.462 e. The summed E-state index contributed by atoms with van der Waals surface area (Å²) in [6.07, 6.45) is 2.37. The van der Waals surface area contributed by atoms with Crippen molar-refractivity contribution < 1.29 is 9.53 Å². The van der Waals surface area contributed by atoms with Gasteiger partial charge in [-0.15, -0.1) is 0 Å². The van der Waals surface area contributed by atoms with Crippen LogP contribution in [0.15, 0.2) is 42.6 Å². The van der Waals surface area contributed by atoms with Crippen LogP contribution in [-0.4, -0.2) is 17.6 Å². The molecule has 3 heteroatoms. The molecule has 0 saturated carbocycles. The van der Waals surface area contributed by atoms with Crippen LogP contribution in [0.1, 0.15) is 27.2 Å². The summed E-state index contributed by atoms with van der Waals surface area (Å²) < 4.78 is 5.27. The van der Waals surface area contributed by atoms with Crippen molar-refractivity contribution in [1.82, 2.24) is 4.98 Å². The minimum absolute atomic E-state index is 0.270. The summed E-state index contributed by atoms with van der Waals surface area (Å²) in [4.78, 5) is 16.1. The molecular weight excluding hydrogens is 238 g/mol. The fourth-order valence-electron chi connectivity index (χ4n) is 1.91. The quantitative estimate of drug-likeness (QED) is 0.788. The first kappa shape index (κ1) is 13.3.